The van der Waals surface area contributed by atoms with Gasteiger partial charge in [0.05, 0.1) is 22.5 Å². The number of hydrogen-bond acceptors (Lipinski definition) is 5. The summed E-state index contributed by atoms with van der Waals surface area (Å²) in [6, 6.07) is 19.3. The molecule has 5 rings (SSSR count). The standard InChI is InChI=1S/C26H24ClN3O3/c1-30(2)15-16-3-7-19(8-4-16)28-25(17-5-10-22-23(13-17)33-12-11-32-22)24-20-9-6-18(27)14-21(20)29-26(24)31/h3-10,13-14,29,31H,11-12,15H2,1-2H3. The minimum Gasteiger partial charge on any atom is -0.494 e. The van der Waals surface area contributed by atoms with Crippen LogP contribution < -0.4 is 9.47 Å². The molecule has 1 aliphatic heterocycles. The van der Waals surface area contributed by atoms with Gasteiger partial charge in [-0.1, -0.05) is 29.8 Å². The third-order valence-corrected chi connectivity index (χ3v) is 5.70. The van der Waals surface area contributed by atoms with Crippen LogP contribution in [0.15, 0.2) is 65.7 Å². The van der Waals surface area contributed by atoms with E-state index in [1.165, 1.54) is 5.56 Å². The zero-order chi connectivity index (χ0) is 22.9. The Morgan fingerprint density at radius 1 is 1.00 bits per heavy atom. The lowest BCUT2D eigenvalue weighted by Crippen LogP contribution is -2.16. The highest BCUT2D eigenvalue weighted by atomic mass is 35.5. The van der Waals surface area contributed by atoms with Crippen LogP contribution in [-0.4, -0.2) is 48.0 Å². The number of fused-ring (bicyclic) bond motifs is 2. The largest absolute Gasteiger partial charge is 0.494 e. The van der Waals surface area contributed by atoms with E-state index in [9.17, 15) is 5.11 Å². The number of aromatic nitrogens is 1. The summed E-state index contributed by atoms with van der Waals surface area (Å²) in [5.41, 5.74) is 4.76. The topological polar surface area (TPSA) is 70.1 Å². The minimum atomic E-state index is 0.0325. The quantitative estimate of drug-likeness (QED) is 0.383. The molecule has 7 heteroatoms. The van der Waals surface area contributed by atoms with E-state index in [0.717, 1.165) is 28.7 Å². The van der Waals surface area contributed by atoms with Crippen LogP contribution in [0.2, 0.25) is 5.02 Å². The van der Waals surface area contributed by atoms with E-state index >= 15 is 0 Å². The average molecular weight is 462 g/mol. The second kappa shape index (κ2) is 8.81. The third-order valence-electron chi connectivity index (χ3n) is 5.47. The number of nitrogens with one attached hydrogen (secondary N) is 1. The lowest BCUT2D eigenvalue weighted by Gasteiger charge is -2.19. The van der Waals surface area contributed by atoms with Gasteiger partial charge in [-0.3, -0.25) is 0 Å². The Labute approximate surface area is 197 Å². The molecule has 2 heterocycles. The molecule has 0 saturated carbocycles. The monoisotopic (exact) mass is 461 g/mol. The fourth-order valence-corrected chi connectivity index (χ4v) is 4.19. The smallest absolute Gasteiger partial charge is 0.199 e. The van der Waals surface area contributed by atoms with Crippen molar-refractivity contribution in [3.8, 4) is 17.4 Å². The van der Waals surface area contributed by atoms with E-state index in [1.54, 1.807) is 12.1 Å². The number of ether oxygens (including phenoxy) is 2. The van der Waals surface area contributed by atoms with Crippen molar-refractivity contribution in [2.75, 3.05) is 27.3 Å². The summed E-state index contributed by atoms with van der Waals surface area (Å²) in [4.78, 5) is 10.1. The van der Waals surface area contributed by atoms with Crippen LogP contribution in [0.3, 0.4) is 0 Å². The number of H-pyrrole nitrogens is 1. The number of aliphatic imine (C=N–C) groups is 1. The highest BCUT2D eigenvalue weighted by Crippen LogP contribution is 2.36. The van der Waals surface area contributed by atoms with Crippen molar-refractivity contribution in [3.05, 3.63) is 82.4 Å². The predicted octanol–water partition coefficient (Wildman–Crippen LogP) is 5.53. The van der Waals surface area contributed by atoms with Crippen LogP contribution in [-0.2, 0) is 6.54 Å². The SMILES string of the molecule is CN(C)Cc1ccc(N=C(c2ccc3c(c2)OCCO3)c2c(O)[nH]c3cc(Cl)ccc23)cc1. The van der Waals surface area contributed by atoms with E-state index in [2.05, 4.69) is 22.0 Å². The molecule has 0 spiro atoms. The zero-order valence-corrected chi connectivity index (χ0v) is 19.2. The van der Waals surface area contributed by atoms with Crippen molar-refractivity contribution >= 4 is 33.9 Å². The van der Waals surface area contributed by atoms with Gasteiger partial charge in [0.15, 0.2) is 17.4 Å². The molecule has 3 aromatic carbocycles. The van der Waals surface area contributed by atoms with Crippen LogP contribution in [0, 0.1) is 0 Å². The fraction of sp³-hybridized carbons (Fsp3) is 0.192. The molecule has 0 unspecified atom stereocenters. The lowest BCUT2D eigenvalue weighted by atomic mass is 10.00. The molecule has 0 aliphatic carbocycles. The van der Waals surface area contributed by atoms with Crippen molar-refractivity contribution < 1.29 is 14.6 Å². The summed E-state index contributed by atoms with van der Waals surface area (Å²) < 4.78 is 11.5. The highest BCUT2D eigenvalue weighted by molar-refractivity contribution is 6.31. The van der Waals surface area contributed by atoms with Crippen molar-refractivity contribution in [2.24, 2.45) is 4.99 Å². The molecule has 6 nitrogen and oxygen atoms in total. The van der Waals surface area contributed by atoms with Crippen LogP contribution in [0.5, 0.6) is 17.4 Å². The second-order valence-corrected chi connectivity index (χ2v) is 8.70. The molecule has 4 aromatic rings. The molecule has 2 N–H and O–H groups in total. The second-order valence-electron chi connectivity index (χ2n) is 8.26. The maximum Gasteiger partial charge on any atom is 0.199 e. The van der Waals surface area contributed by atoms with Crippen LogP contribution in [0.1, 0.15) is 16.7 Å². The Morgan fingerprint density at radius 2 is 1.76 bits per heavy atom. The lowest BCUT2D eigenvalue weighted by molar-refractivity contribution is 0.171. The number of aromatic hydroxyl groups is 1. The highest BCUT2D eigenvalue weighted by Gasteiger charge is 2.21. The molecule has 0 atom stereocenters. The number of aromatic amines is 1. The summed E-state index contributed by atoms with van der Waals surface area (Å²) in [5.74, 6) is 1.40. The fourth-order valence-electron chi connectivity index (χ4n) is 4.02. The molecule has 0 bridgehead atoms. The van der Waals surface area contributed by atoms with E-state index in [0.29, 0.717) is 41.0 Å². The zero-order valence-electron chi connectivity index (χ0n) is 18.4. The van der Waals surface area contributed by atoms with Crippen LogP contribution >= 0.6 is 11.6 Å². The molecule has 33 heavy (non-hydrogen) atoms. The number of halogens is 1. The third kappa shape index (κ3) is 4.40. The molecule has 1 aliphatic rings. The summed E-state index contributed by atoms with van der Waals surface area (Å²) in [6.07, 6.45) is 0. The normalized spacial score (nSPS) is 13.6. The minimum absolute atomic E-state index is 0.0325. The maximum atomic E-state index is 10.9. The average Bonchev–Trinajstić information content (AvgIpc) is 3.12. The van der Waals surface area contributed by atoms with E-state index in [-0.39, 0.29) is 5.88 Å². The van der Waals surface area contributed by atoms with E-state index in [1.807, 2.05) is 50.5 Å². The van der Waals surface area contributed by atoms with Crippen LogP contribution in [0.25, 0.3) is 10.9 Å². The summed E-state index contributed by atoms with van der Waals surface area (Å²) >= 11 is 6.17. The van der Waals surface area contributed by atoms with Gasteiger partial charge in [-0.25, -0.2) is 4.99 Å². The molecule has 0 amide bonds. The molecular formula is C26H24ClN3O3. The molecular weight excluding hydrogens is 438 g/mol. The Morgan fingerprint density at radius 3 is 2.52 bits per heavy atom. The molecule has 0 radical (unpaired) electrons. The summed E-state index contributed by atoms with van der Waals surface area (Å²) in [6.45, 7) is 1.87. The first kappa shape index (κ1) is 21.4. The first-order chi connectivity index (χ1) is 16.0. The van der Waals surface area contributed by atoms with Gasteiger partial charge in [-0.15, -0.1) is 0 Å². The van der Waals surface area contributed by atoms with Crippen molar-refractivity contribution in [3.63, 3.8) is 0 Å². The molecule has 168 valence electrons. The van der Waals surface area contributed by atoms with Gasteiger partial charge in [-0.2, -0.15) is 0 Å². The van der Waals surface area contributed by atoms with Gasteiger partial charge in [0.1, 0.15) is 13.2 Å². The Bertz CT molecular complexity index is 1340. The molecule has 0 saturated heterocycles. The number of nitrogens with zero attached hydrogens (tertiary/aromatic N) is 2. The maximum absolute atomic E-state index is 10.9. The molecule has 0 fully saturated rings. The molecule has 1 aromatic heterocycles. The first-order valence-corrected chi connectivity index (χ1v) is 11.1. The Balaban J connectivity index is 1.66. The van der Waals surface area contributed by atoms with Gasteiger partial charge in [-0.05, 0) is 62.1 Å². The van der Waals surface area contributed by atoms with Gasteiger partial charge >= 0.3 is 0 Å². The number of hydrogen-bond donors (Lipinski definition) is 2. The summed E-state index contributed by atoms with van der Waals surface area (Å²) in [7, 11) is 4.08. The Kier molecular flexibility index (Phi) is 5.70. The van der Waals surface area contributed by atoms with Crippen LogP contribution in [0.4, 0.5) is 5.69 Å². The number of rotatable bonds is 5. The first-order valence-electron chi connectivity index (χ1n) is 10.7. The van der Waals surface area contributed by atoms with E-state index < -0.39 is 0 Å². The van der Waals surface area contributed by atoms with Crippen molar-refractivity contribution in [1.29, 1.82) is 0 Å². The Hall–Kier alpha value is -3.48. The van der Waals surface area contributed by atoms with Gasteiger partial charge < -0.3 is 24.5 Å². The van der Waals surface area contributed by atoms with Crippen molar-refractivity contribution in [1.82, 2.24) is 9.88 Å². The number of benzene rings is 3. The summed E-state index contributed by atoms with van der Waals surface area (Å²) in [5, 5.41) is 12.3. The van der Waals surface area contributed by atoms with E-state index in [4.69, 9.17) is 26.1 Å². The van der Waals surface area contributed by atoms with Crippen molar-refractivity contribution in [2.45, 2.75) is 6.54 Å². The van der Waals surface area contributed by atoms with Gasteiger partial charge in [0.25, 0.3) is 0 Å². The van der Waals surface area contributed by atoms with Gasteiger partial charge in [0.2, 0.25) is 0 Å². The predicted molar refractivity (Wildman–Crippen MR) is 132 cm³/mol. The van der Waals surface area contributed by atoms with Gasteiger partial charge in [0, 0.05) is 22.5 Å².